The maximum atomic E-state index is 12.4. The van der Waals surface area contributed by atoms with E-state index in [1.54, 1.807) is 23.2 Å². The molecule has 1 aromatic heterocycles. The Morgan fingerprint density at radius 1 is 1.11 bits per heavy atom. The minimum atomic E-state index is -0.559. The lowest BCUT2D eigenvalue weighted by Gasteiger charge is -2.35. The first-order chi connectivity index (χ1) is 13.1. The standard InChI is InChI=1S/C20H23N3O4/c1-15-6-7-17(26-2)16(13-15)20(25)27-14-19(24)23-11-9-22(10-12-23)18-5-3-4-8-21-18/h3-8,13H,9-12,14H2,1-2H3. The van der Waals surface area contributed by atoms with Gasteiger partial charge in [0, 0.05) is 32.4 Å². The van der Waals surface area contributed by atoms with E-state index in [1.807, 2.05) is 31.2 Å². The second-order valence-corrected chi connectivity index (χ2v) is 6.34. The SMILES string of the molecule is COc1ccc(C)cc1C(=O)OCC(=O)N1CCN(c2ccccn2)CC1. The van der Waals surface area contributed by atoms with Crippen molar-refractivity contribution in [2.45, 2.75) is 6.92 Å². The Morgan fingerprint density at radius 3 is 2.56 bits per heavy atom. The molecule has 0 aliphatic carbocycles. The van der Waals surface area contributed by atoms with Crippen molar-refractivity contribution >= 4 is 17.7 Å². The van der Waals surface area contributed by atoms with Gasteiger partial charge >= 0.3 is 5.97 Å². The number of methoxy groups -OCH3 is 1. The summed E-state index contributed by atoms with van der Waals surface area (Å²) in [5.74, 6) is 0.580. The first-order valence-corrected chi connectivity index (χ1v) is 8.84. The highest BCUT2D eigenvalue weighted by Crippen LogP contribution is 2.20. The predicted octanol–water partition coefficient (Wildman–Crippen LogP) is 1.90. The van der Waals surface area contributed by atoms with Crippen molar-refractivity contribution in [1.29, 1.82) is 0 Å². The summed E-state index contributed by atoms with van der Waals surface area (Å²) in [6, 6.07) is 11.0. The third kappa shape index (κ3) is 4.55. The maximum Gasteiger partial charge on any atom is 0.342 e. The maximum absolute atomic E-state index is 12.4. The lowest BCUT2D eigenvalue weighted by molar-refractivity contribution is -0.134. The monoisotopic (exact) mass is 369 g/mol. The highest BCUT2D eigenvalue weighted by molar-refractivity contribution is 5.94. The van der Waals surface area contributed by atoms with Crippen LogP contribution in [0.3, 0.4) is 0 Å². The zero-order valence-corrected chi connectivity index (χ0v) is 15.6. The minimum absolute atomic E-state index is 0.198. The zero-order valence-electron chi connectivity index (χ0n) is 15.6. The van der Waals surface area contributed by atoms with E-state index in [-0.39, 0.29) is 12.5 Å². The van der Waals surface area contributed by atoms with Crippen LogP contribution in [-0.2, 0) is 9.53 Å². The number of hydrogen-bond donors (Lipinski definition) is 0. The molecule has 1 aliphatic rings. The van der Waals surface area contributed by atoms with Crippen LogP contribution in [0.5, 0.6) is 5.75 Å². The number of esters is 1. The molecule has 0 spiro atoms. The van der Waals surface area contributed by atoms with E-state index >= 15 is 0 Å². The summed E-state index contributed by atoms with van der Waals surface area (Å²) < 4.78 is 10.4. The van der Waals surface area contributed by atoms with Crippen molar-refractivity contribution in [1.82, 2.24) is 9.88 Å². The number of amides is 1. The molecular formula is C20H23N3O4. The number of carbonyl (C=O) groups is 2. The summed E-state index contributed by atoms with van der Waals surface area (Å²) in [5, 5.41) is 0. The normalized spacial score (nSPS) is 14.0. The van der Waals surface area contributed by atoms with Gasteiger partial charge in [0.25, 0.3) is 5.91 Å². The molecule has 0 saturated carbocycles. The van der Waals surface area contributed by atoms with Crippen LogP contribution in [0.4, 0.5) is 5.82 Å². The molecule has 0 radical (unpaired) electrons. The summed E-state index contributed by atoms with van der Waals surface area (Å²) in [5.41, 5.74) is 1.24. The number of pyridine rings is 1. The van der Waals surface area contributed by atoms with E-state index in [2.05, 4.69) is 9.88 Å². The van der Waals surface area contributed by atoms with Gasteiger partial charge < -0.3 is 19.3 Å². The number of nitrogens with zero attached hydrogens (tertiary/aromatic N) is 3. The van der Waals surface area contributed by atoms with E-state index < -0.39 is 5.97 Å². The molecule has 7 heteroatoms. The Bertz CT molecular complexity index is 802. The van der Waals surface area contributed by atoms with Crippen LogP contribution < -0.4 is 9.64 Å². The molecule has 1 aliphatic heterocycles. The molecule has 1 aromatic carbocycles. The molecule has 0 bridgehead atoms. The fourth-order valence-corrected chi connectivity index (χ4v) is 3.00. The van der Waals surface area contributed by atoms with Crippen molar-refractivity contribution in [2.24, 2.45) is 0 Å². The fourth-order valence-electron chi connectivity index (χ4n) is 3.00. The molecule has 1 fully saturated rings. The molecule has 2 heterocycles. The molecule has 2 aromatic rings. The Balaban J connectivity index is 1.52. The largest absolute Gasteiger partial charge is 0.496 e. The Labute approximate surface area is 158 Å². The third-order valence-electron chi connectivity index (χ3n) is 4.51. The minimum Gasteiger partial charge on any atom is -0.496 e. The Hall–Kier alpha value is -3.09. The van der Waals surface area contributed by atoms with Crippen molar-refractivity contribution in [3.8, 4) is 5.75 Å². The molecule has 142 valence electrons. The molecule has 27 heavy (non-hydrogen) atoms. The number of benzene rings is 1. The topological polar surface area (TPSA) is 72.0 Å². The average Bonchev–Trinajstić information content (AvgIpc) is 2.72. The van der Waals surface area contributed by atoms with Gasteiger partial charge in [0.15, 0.2) is 6.61 Å². The first kappa shape index (κ1) is 18.7. The van der Waals surface area contributed by atoms with E-state index in [9.17, 15) is 9.59 Å². The number of carbonyl (C=O) groups excluding carboxylic acids is 2. The van der Waals surface area contributed by atoms with Gasteiger partial charge in [-0.05, 0) is 31.2 Å². The van der Waals surface area contributed by atoms with Crippen molar-refractivity contribution < 1.29 is 19.1 Å². The molecular weight excluding hydrogens is 346 g/mol. The van der Waals surface area contributed by atoms with Gasteiger partial charge in [-0.1, -0.05) is 17.7 Å². The molecule has 0 atom stereocenters. The van der Waals surface area contributed by atoms with Gasteiger partial charge in [-0.3, -0.25) is 4.79 Å². The number of anilines is 1. The van der Waals surface area contributed by atoms with E-state index in [4.69, 9.17) is 9.47 Å². The van der Waals surface area contributed by atoms with Crippen LogP contribution in [0.15, 0.2) is 42.6 Å². The van der Waals surface area contributed by atoms with Crippen molar-refractivity contribution in [2.75, 3.05) is 44.8 Å². The Morgan fingerprint density at radius 2 is 1.89 bits per heavy atom. The summed E-state index contributed by atoms with van der Waals surface area (Å²) in [6.07, 6.45) is 1.76. The fraction of sp³-hybridized carbons (Fsp3) is 0.350. The second kappa shape index (κ2) is 8.53. The summed E-state index contributed by atoms with van der Waals surface area (Å²) in [7, 11) is 1.49. The van der Waals surface area contributed by atoms with E-state index in [1.165, 1.54) is 7.11 Å². The van der Waals surface area contributed by atoms with Crippen LogP contribution in [0.25, 0.3) is 0 Å². The average molecular weight is 369 g/mol. The van der Waals surface area contributed by atoms with E-state index in [0.717, 1.165) is 11.4 Å². The zero-order chi connectivity index (χ0) is 19.2. The molecule has 0 unspecified atom stereocenters. The van der Waals surface area contributed by atoms with Crippen LogP contribution in [0, 0.1) is 6.92 Å². The van der Waals surface area contributed by atoms with Crippen LogP contribution >= 0.6 is 0 Å². The second-order valence-electron chi connectivity index (χ2n) is 6.34. The molecule has 7 nitrogen and oxygen atoms in total. The summed E-state index contributed by atoms with van der Waals surface area (Å²) in [4.78, 5) is 32.9. The number of rotatable bonds is 5. The van der Waals surface area contributed by atoms with E-state index in [0.29, 0.717) is 37.5 Å². The van der Waals surface area contributed by atoms with Gasteiger partial charge in [0.1, 0.15) is 17.1 Å². The number of aryl methyl sites for hydroxylation is 1. The smallest absolute Gasteiger partial charge is 0.342 e. The van der Waals surface area contributed by atoms with Crippen LogP contribution in [0.1, 0.15) is 15.9 Å². The third-order valence-corrected chi connectivity index (χ3v) is 4.51. The quantitative estimate of drug-likeness (QED) is 0.750. The molecule has 1 amide bonds. The lowest BCUT2D eigenvalue weighted by atomic mass is 10.1. The highest BCUT2D eigenvalue weighted by Gasteiger charge is 2.23. The van der Waals surface area contributed by atoms with Gasteiger partial charge in [-0.25, -0.2) is 9.78 Å². The number of ether oxygens (including phenoxy) is 2. The van der Waals surface area contributed by atoms with Crippen molar-refractivity contribution in [3.63, 3.8) is 0 Å². The van der Waals surface area contributed by atoms with Gasteiger partial charge in [0.05, 0.1) is 7.11 Å². The van der Waals surface area contributed by atoms with Crippen LogP contribution in [-0.4, -0.2) is 61.7 Å². The molecule has 1 saturated heterocycles. The van der Waals surface area contributed by atoms with Gasteiger partial charge in [0.2, 0.25) is 0 Å². The number of aromatic nitrogens is 1. The van der Waals surface area contributed by atoms with Gasteiger partial charge in [-0.15, -0.1) is 0 Å². The summed E-state index contributed by atoms with van der Waals surface area (Å²) >= 11 is 0. The predicted molar refractivity (Wildman–Crippen MR) is 101 cm³/mol. The van der Waals surface area contributed by atoms with Crippen LogP contribution in [0.2, 0.25) is 0 Å². The van der Waals surface area contributed by atoms with Crippen molar-refractivity contribution in [3.05, 3.63) is 53.7 Å². The Kier molecular flexibility index (Phi) is 5.90. The van der Waals surface area contributed by atoms with Gasteiger partial charge in [-0.2, -0.15) is 0 Å². The lowest BCUT2D eigenvalue weighted by Crippen LogP contribution is -2.50. The summed E-state index contributed by atoms with van der Waals surface area (Å²) in [6.45, 7) is 4.13. The number of piperazine rings is 1. The first-order valence-electron chi connectivity index (χ1n) is 8.84. The number of hydrogen-bond acceptors (Lipinski definition) is 6. The molecule has 3 rings (SSSR count). The highest BCUT2D eigenvalue weighted by atomic mass is 16.5. The molecule has 0 N–H and O–H groups in total.